The van der Waals surface area contributed by atoms with Gasteiger partial charge in [0, 0.05) is 0 Å². The quantitative estimate of drug-likeness (QED) is 0.825. The van der Waals surface area contributed by atoms with E-state index in [9.17, 15) is 9.90 Å². The van der Waals surface area contributed by atoms with Crippen molar-refractivity contribution >= 4 is 17.2 Å². The summed E-state index contributed by atoms with van der Waals surface area (Å²) in [6, 6.07) is 11.3. The van der Waals surface area contributed by atoms with Crippen molar-refractivity contribution in [3.63, 3.8) is 0 Å². The van der Waals surface area contributed by atoms with Gasteiger partial charge in [0.05, 0.1) is 19.1 Å². The minimum absolute atomic E-state index is 0.133. The number of carbonyl (C=O) groups is 1. The number of hydrogen-bond acceptors (Lipinski definition) is 4. The van der Waals surface area contributed by atoms with E-state index >= 15 is 0 Å². The lowest BCUT2D eigenvalue weighted by molar-refractivity contribution is -0.126. The lowest BCUT2D eigenvalue weighted by atomic mass is 9.99. The van der Waals surface area contributed by atoms with Gasteiger partial charge in [-0.1, -0.05) is 25.1 Å². The predicted octanol–water partition coefficient (Wildman–Crippen LogP) is 2.79. The second-order valence-corrected chi connectivity index (χ2v) is 6.31. The van der Waals surface area contributed by atoms with Crippen molar-refractivity contribution in [2.45, 2.75) is 19.4 Å². The Bertz CT molecular complexity index is 581. The zero-order valence-corrected chi connectivity index (χ0v) is 13.6. The molecule has 0 aliphatic carbocycles. The first-order valence-electron chi connectivity index (χ1n) is 7.19. The van der Waals surface area contributed by atoms with E-state index in [1.807, 2.05) is 47.2 Å². The molecule has 0 saturated heterocycles. The molecule has 4 nitrogen and oxygen atoms in total. The Morgan fingerprint density at radius 2 is 2.09 bits per heavy atom. The van der Waals surface area contributed by atoms with Gasteiger partial charge in [0.15, 0.2) is 0 Å². The highest BCUT2D eigenvalue weighted by molar-refractivity contribution is 7.08. The topological polar surface area (TPSA) is 58.6 Å². The van der Waals surface area contributed by atoms with Gasteiger partial charge in [0.25, 0.3) is 0 Å². The second-order valence-electron chi connectivity index (χ2n) is 5.53. The summed E-state index contributed by atoms with van der Waals surface area (Å²) in [5, 5.41) is 16.9. The zero-order chi connectivity index (χ0) is 16.0. The predicted molar refractivity (Wildman–Crippen MR) is 88.0 cm³/mol. The summed E-state index contributed by atoms with van der Waals surface area (Å²) < 4.78 is 5.57. The van der Waals surface area contributed by atoms with E-state index in [1.165, 1.54) is 11.3 Å². The standard InChI is InChI=1S/C17H21NO3S/c1-13(10-21-15-6-4-3-5-7-15)16(19)18-12-17(2,20)14-8-9-22-11-14/h3-9,11,13,20H,10,12H2,1-2H3,(H,18,19). The number of rotatable bonds is 7. The van der Waals surface area contributed by atoms with Gasteiger partial charge in [0.2, 0.25) is 5.91 Å². The number of thiophene rings is 1. The molecule has 2 aromatic rings. The fourth-order valence-electron chi connectivity index (χ4n) is 1.92. The average molecular weight is 319 g/mol. The average Bonchev–Trinajstić information content (AvgIpc) is 3.06. The Morgan fingerprint density at radius 3 is 2.73 bits per heavy atom. The van der Waals surface area contributed by atoms with Gasteiger partial charge in [-0.15, -0.1) is 0 Å². The normalized spacial score (nSPS) is 14.9. The molecule has 1 amide bonds. The van der Waals surface area contributed by atoms with Crippen LogP contribution in [0.4, 0.5) is 0 Å². The van der Waals surface area contributed by atoms with Crippen molar-refractivity contribution in [2.75, 3.05) is 13.2 Å². The number of amides is 1. The van der Waals surface area contributed by atoms with E-state index in [4.69, 9.17) is 4.74 Å². The largest absolute Gasteiger partial charge is 0.493 e. The van der Waals surface area contributed by atoms with E-state index in [0.29, 0.717) is 6.61 Å². The Hall–Kier alpha value is -1.85. The fraction of sp³-hybridized carbons (Fsp3) is 0.353. The van der Waals surface area contributed by atoms with Crippen LogP contribution in [-0.4, -0.2) is 24.2 Å². The number of hydrogen-bond donors (Lipinski definition) is 2. The van der Waals surface area contributed by atoms with Crippen LogP contribution in [0.1, 0.15) is 19.4 Å². The Labute approximate surface area is 134 Å². The number of para-hydroxylation sites is 1. The van der Waals surface area contributed by atoms with Crippen LogP contribution in [0.25, 0.3) is 0 Å². The summed E-state index contributed by atoms with van der Waals surface area (Å²) in [5.41, 5.74) is -0.249. The van der Waals surface area contributed by atoms with Gasteiger partial charge >= 0.3 is 0 Å². The minimum atomic E-state index is -1.06. The molecule has 0 radical (unpaired) electrons. The van der Waals surface area contributed by atoms with Gasteiger partial charge in [-0.05, 0) is 41.4 Å². The Balaban J connectivity index is 1.79. The van der Waals surface area contributed by atoms with Gasteiger partial charge in [0.1, 0.15) is 11.4 Å². The summed E-state index contributed by atoms with van der Waals surface area (Å²) in [4.78, 5) is 12.1. The van der Waals surface area contributed by atoms with Crippen LogP contribution in [0.15, 0.2) is 47.2 Å². The summed E-state index contributed by atoms with van der Waals surface area (Å²) in [5.74, 6) is 0.317. The van der Waals surface area contributed by atoms with Crippen molar-refractivity contribution in [1.82, 2.24) is 5.32 Å². The summed E-state index contributed by atoms with van der Waals surface area (Å²) >= 11 is 1.52. The summed E-state index contributed by atoms with van der Waals surface area (Å²) in [7, 11) is 0. The van der Waals surface area contributed by atoms with E-state index in [1.54, 1.807) is 13.8 Å². The zero-order valence-electron chi connectivity index (χ0n) is 12.8. The first-order valence-corrected chi connectivity index (χ1v) is 8.14. The van der Waals surface area contributed by atoms with Crippen molar-refractivity contribution < 1.29 is 14.6 Å². The molecule has 0 fully saturated rings. The molecular weight excluding hydrogens is 298 g/mol. The van der Waals surface area contributed by atoms with Crippen LogP contribution >= 0.6 is 11.3 Å². The van der Waals surface area contributed by atoms with Crippen molar-refractivity contribution in [1.29, 1.82) is 0 Å². The highest BCUT2D eigenvalue weighted by Gasteiger charge is 2.25. The van der Waals surface area contributed by atoms with E-state index in [0.717, 1.165) is 11.3 Å². The first kappa shape index (κ1) is 16.5. The third kappa shape index (κ3) is 4.58. The molecule has 22 heavy (non-hydrogen) atoms. The molecule has 0 saturated carbocycles. The molecule has 0 spiro atoms. The molecule has 2 atom stereocenters. The Morgan fingerprint density at radius 1 is 1.36 bits per heavy atom. The number of ether oxygens (including phenoxy) is 1. The first-order chi connectivity index (χ1) is 10.5. The van der Waals surface area contributed by atoms with E-state index in [2.05, 4.69) is 5.32 Å². The molecular formula is C17H21NO3S. The van der Waals surface area contributed by atoms with E-state index < -0.39 is 5.60 Å². The molecule has 0 aliphatic rings. The third-order valence-electron chi connectivity index (χ3n) is 3.44. The molecule has 0 bridgehead atoms. The second kappa shape index (κ2) is 7.42. The van der Waals surface area contributed by atoms with Crippen LogP contribution in [0.2, 0.25) is 0 Å². The van der Waals surface area contributed by atoms with Crippen molar-refractivity contribution in [3.05, 3.63) is 52.7 Å². The maximum atomic E-state index is 12.1. The highest BCUT2D eigenvalue weighted by Crippen LogP contribution is 2.22. The summed E-state index contributed by atoms with van der Waals surface area (Å²) in [6.07, 6.45) is 0. The molecule has 1 heterocycles. The SMILES string of the molecule is CC(COc1ccccc1)C(=O)NCC(C)(O)c1ccsc1. The molecule has 0 aliphatic heterocycles. The minimum Gasteiger partial charge on any atom is -0.493 e. The summed E-state index contributed by atoms with van der Waals surface area (Å²) in [6.45, 7) is 3.98. The lowest BCUT2D eigenvalue weighted by Gasteiger charge is -2.24. The van der Waals surface area contributed by atoms with E-state index in [-0.39, 0.29) is 18.4 Å². The maximum Gasteiger partial charge on any atom is 0.226 e. The van der Waals surface area contributed by atoms with Gasteiger partial charge < -0.3 is 15.2 Å². The monoisotopic (exact) mass is 319 g/mol. The third-order valence-corrected chi connectivity index (χ3v) is 4.12. The lowest BCUT2D eigenvalue weighted by Crippen LogP contribution is -2.41. The highest BCUT2D eigenvalue weighted by atomic mass is 32.1. The number of nitrogens with one attached hydrogen (secondary N) is 1. The molecule has 1 aromatic carbocycles. The van der Waals surface area contributed by atoms with Crippen LogP contribution in [0, 0.1) is 5.92 Å². The molecule has 5 heteroatoms. The fourth-order valence-corrected chi connectivity index (χ4v) is 2.70. The van der Waals surface area contributed by atoms with Crippen LogP contribution < -0.4 is 10.1 Å². The molecule has 2 unspecified atom stereocenters. The molecule has 1 aromatic heterocycles. The van der Waals surface area contributed by atoms with Gasteiger partial charge in [-0.3, -0.25) is 4.79 Å². The van der Waals surface area contributed by atoms with Gasteiger partial charge in [-0.25, -0.2) is 0 Å². The van der Waals surface area contributed by atoms with Crippen LogP contribution in [0.5, 0.6) is 5.75 Å². The maximum absolute atomic E-state index is 12.1. The van der Waals surface area contributed by atoms with Crippen molar-refractivity contribution in [2.24, 2.45) is 5.92 Å². The molecule has 2 N–H and O–H groups in total. The number of aliphatic hydroxyl groups is 1. The smallest absolute Gasteiger partial charge is 0.226 e. The van der Waals surface area contributed by atoms with Crippen molar-refractivity contribution in [3.8, 4) is 5.75 Å². The number of benzene rings is 1. The van der Waals surface area contributed by atoms with Crippen LogP contribution in [0.3, 0.4) is 0 Å². The Kier molecular flexibility index (Phi) is 5.57. The molecule has 2 rings (SSSR count). The van der Waals surface area contributed by atoms with Gasteiger partial charge in [-0.2, -0.15) is 11.3 Å². The van der Waals surface area contributed by atoms with Crippen LogP contribution in [-0.2, 0) is 10.4 Å². The number of carbonyl (C=O) groups excluding carboxylic acids is 1. The molecule has 118 valence electrons.